The average Bonchev–Trinajstić information content (AvgIpc) is 2.37. The minimum absolute atomic E-state index is 0.0522. The summed E-state index contributed by atoms with van der Waals surface area (Å²) in [5.41, 5.74) is 0.817. The van der Waals surface area contributed by atoms with Crippen molar-refractivity contribution in [3.05, 3.63) is 35.9 Å². The van der Waals surface area contributed by atoms with Gasteiger partial charge in [0.25, 0.3) is 0 Å². The SMILES string of the molecule is CCC(C)N(C)CC(C)C(=O)c1ccccc1. The summed E-state index contributed by atoms with van der Waals surface area (Å²) in [6, 6.07) is 10.1. The molecule has 0 spiro atoms. The smallest absolute Gasteiger partial charge is 0.166 e. The zero-order chi connectivity index (χ0) is 12.8. The van der Waals surface area contributed by atoms with Crippen LogP contribution in [0, 0.1) is 5.92 Å². The molecule has 94 valence electrons. The summed E-state index contributed by atoms with van der Waals surface area (Å²) in [6.45, 7) is 7.20. The van der Waals surface area contributed by atoms with E-state index in [4.69, 9.17) is 0 Å². The lowest BCUT2D eigenvalue weighted by atomic mass is 9.98. The van der Waals surface area contributed by atoms with Gasteiger partial charge in [0.1, 0.15) is 0 Å². The molecule has 1 aromatic carbocycles. The van der Waals surface area contributed by atoms with Crippen LogP contribution in [0.1, 0.15) is 37.6 Å². The van der Waals surface area contributed by atoms with Gasteiger partial charge in [-0.1, -0.05) is 44.2 Å². The third-order valence-corrected chi connectivity index (χ3v) is 3.41. The molecule has 2 nitrogen and oxygen atoms in total. The van der Waals surface area contributed by atoms with Crippen molar-refractivity contribution in [3.8, 4) is 0 Å². The van der Waals surface area contributed by atoms with Crippen LogP contribution in [0.25, 0.3) is 0 Å². The Balaban J connectivity index is 2.59. The van der Waals surface area contributed by atoms with Crippen LogP contribution in [-0.4, -0.2) is 30.3 Å². The van der Waals surface area contributed by atoms with Crippen LogP contribution in [0.3, 0.4) is 0 Å². The maximum Gasteiger partial charge on any atom is 0.166 e. The number of hydrogen-bond donors (Lipinski definition) is 0. The molecule has 0 aliphatic carbocycles. The van der Waals surface area contributed by atoms with Crippen molar-refractivity contribution in [1.29, 1.82) is 0 Å². The van der Waals surface area contributed by atoms with E-state index in [0.29, 0.717) is 6.04 Å². The van der Waals surface area contributed by atoms with Gasteiger partial charge in [-0.3, -0.25) is 4.79 Å². The van der Waals surface area contributed by atoms with E-state index < -0.39 is 0 Å². The molecule has 0 aliphatic heterocycles. The van der Waals surface area contributed by atoms with Gasteiger partial charge in [-0.15, -0.1) is 0 Å². The fourth-order valence-electron chi connectivity index (χ4n) is 1.89. The summed E-state index contributed by atoms with van der Waals surface area (Å²) in [4.78, 5) is 14.4. The number of carbonyl (C=O) groups is 1. The Kier molecular flexibility index (Phi) is 5.36. The lowest BCUT2D eigenvalue weighted by molar-refractivity contribution is 0.0889. The van der Waals surface area contributed by atoms with Crippen molar-refractivity contribution in [2.24, 2.45) is 5.92 Å². The summed E-state index contributed by atoms with van der Waals surface area (Å²) in [5.74, 6) is 0.289. The predicted molar refractivity (Wildman–Crippen MR) is 72.3 cm³/mol. The molecule has 2 unspecified atom stereocenters. The number of benzene rings is 1. The Bertz CT molecular complexity index is 347. The van der Waals surface area contributed by atoms with Crippen LogP contribution in [0.2, 0.25) is 0 Å². The largest absolute Gasteiger partial charge is 0.303 e. The van der Waals surface area contributed by atoms with Crippen LogP contribution < -0.4 is 0 Å². The molecule has 0 amide bonds. The number of carbonyl (C=O) groups excluding carboxylic acids is 1. The second-order valence-electron chi connectivity index (χ2n) is 4.83. The number of rotatable bonds is 6. The zero-order valence-corrected chi connectivity index (χ0v) is 11.3. The number of Topliss-reactive ketones (excluding diaryl/α,β-unsaturated/α-hetero) is 1. The minimum atomic E-state index is 0.0522. The maximum absolute atomic E-state index is 12.2. The summed E-state index contributed by atoms with van der Waals surface area (Å²) >= 11 is 0. The highest BCUT2D eigenvalue weighted by molar-refractivity contribution is 5.97. The van der Waals surface area contributed by atoms with E-state index in [0.717, 1.165) is 18.5 Å². The van der Waals surface area contributed by atoms with Crippen LogP contribution in [0.15, 0.2) is 30.3 Å². The average molecular weight is 233 g/mol. The Morgan fingerprint density at radius 3 is 2.35 bits per heavy atom. The molecule has 1 aromatic rings. The van der Waals surface area contributed by atoms with Crippen molar-refractivity contribution >= 4 is 5.78 Å². The molecule has 0 saturated heterocycles. The molecular weight excluding hydrogens is 210 g/mol. The van der Waals surface area contributed by atoms with Crippen LogP contribution in [-0.2, 0) is 0 Å². The molecular formula is C15H23NO. The van der Waals surface area contributed by atoms with Crippen molar-refractivity contribution in [2.75, 3.05) is 13.6 Å². The van der Waals surface area contributed by atoms with E-state index in [9.17, 15) is 4.79 Å². The van der Waals surface area contributed by atoms with E-state index >= 15 is 0 Å². The van der Waals surface area contributed by atoms with Gasteiger partial charge in [-0.05, 0) is 20.4 Å². The molecule has 0 heterocycles. The Hall–Kier alpha value is -1.15. The quantitative estimate of drug-likeness (QED) is 0.703. The lowest BCUT2D eigenvalue weighted by Gasteiger charge is -2.26. The fourth-order valence-corrected chi connectivity index (χ4v) is 1.89. The predicted octanol–water partition coefficient (Wildman–Crippen LogP) is 3.24. The van der Waals surface area contributed by atoms with E-state index in [1.54, 1.807) is 0 Å². The van der Waals surface area contributed by atoms with Gasteiger partial charge in [0, 0.05) is 24.1 Å². The van der Waals surface area contributed by atoms with Gasteiger partial charge in [-0.2, -0.15) is 0 Å². The molecule has 17 heavy (non-hydrogen) atoms. The van der Waals surface area contributed by atoms with Crippen molar-refractivity contribution in [2.45, 2.75) is 33.2 Å². The summed E-state index contributed by atoms with van der Waals surface area (Å²) < 4.78 is 0. The summed E-state index contributed by atoms with van der Waals surface area (Å²) in [5, 5.41) is 0. The van der Waals surface area contributed by atoms with Crippen LogP contribution >= 0.6 is 0 Å². The second-order valence-corrected chi connectivity index (χ2v) is 4.83. The summed E-state index contributed by atoms with van der Waals surface area (Å²) in [7, 11) is 2.09. The third kappa shape index (κ3) is 3.97. The molecule has 2 atom stereocenters. The van der Waals surface area contributed by atoms with Crippen molar-refractivity contribution < 1.29 is 4.79 Å². The van der Waals surface area contributed by atoms with Gasteiger partial charge >= 0.3 is 0 Å². The van der Waals surface area contributed by atoms with E-state index in [1.807, 2.05) is 37.3 Å². The number of nitrogens with zero attached hydrogens (tertiary/aromatic N) is 1. The molecule has 0 aliphatic rings. The maximum atomic E-state index is 12.2. The third-order valence-electron chi connectivity index (χ3n) is 3.41. The first-order chi connectivity index (χ1) is 8.06. The van der Waals surface area contributed by atoms with Gasteiger partial charge in [0.15, 0.2) is 5.78 Å². The Morgan fingerprint density at radius 1 is 1.24 bits per heavy atom. The summed E-state index contributed by atoms with van der Waals surface area (Å²) in [6.07, 6.45) is 1.11. The number of ketones is 1. The van der Waals surface area contributed by atoms with Gasteiger partial charge < -0.3 is 4.90 Å². The fraction of sp³-hybridized carbons (Fsp3) is 0.533. The van der Waals surface area contributed by atoms with Crippen LogP contribution in [0.4, 0.5) is 0 Å². The first kappa shape index (κ1) is 13.9. The van der Waals surface area contributed by atoms with Crippen molar-refractivity contribution in [1.82, 2.24) is 4.90 Å². The Morgan fingerprint density at radius 2 is 1.82 bits per heavy atom. The molecule has 0 bridgehead atoms. The monoisotopic (exact) mass is 233 g/mol. The molecule has 0 radical (unpaired) electrons. The number of hydrogen-bond acceptors (Lipinski definition) is 2. The first-order valence-electron chi connectivity index (χ1n) is 6.35. The molecule has 0 fully saturated rings. The van der Waals surface area contributed by atoms with E-state index in [-0.39, 0.29) is 11.7 Å². The van der Waals surface area contributed by atoms with E-state index in [1.165, 1.54) is 0 Å². The Labute approximate surface area is 105 Å². The minimum Gasteiger partial charge on any atom is -0.303 e. The highest BCUT2D eigenvalue weighted by Crippen LogP contribution is 2.11. The second kappa shape index (κ2) is 6.55. The normalized spacial score (nSPS) is 14.6. The van der Waals surface area contributed by atoms with Gasteiger partial charge in [0.2, 0.25) is 0 Å². The highest BCUT2D eigenvalue weighted by atomic mass is 16.1. The highest BCUT2D eigenvalue weighted by Gasteiger charge is 2.18. The first-order valence-corrected chi connectivity index (χ1v) is 6.35. The van der Waals surface area contributed by atoms with Crippen molar-refractivity contribution in [3.63, 3.8) is 0 Å². The zero-order valence-electron chi connectivity index (χ0n) is 11.3. The van der Waals surface area contributed by atoms with Gasteiger partial charge in [-0.25, -0.2) is 0 Å². The molecule has 0 N–H and O–H groups in total. The topological polar surface area (TPSA) is 20.3 Å². The standard InChI is InChI=1S/C15H23NO/c1-5-13(3)16(4)11-12(2)15(17)14-9-7-6-8-10-14/h6-10,12-13H,5,11H2,1-4H3. The molecule has 0 saturated carbocycles. The van der Waals surface area contributed by atoms with E-state index in [2.05, 4.69) is 25.8 Å². The molecule has 2 heteroatoms. The van der Waals surface area contributed by atoms with Crippen LogP contribution in [0.5, 0.6) is 0 Å². The molecule has 0 aromatic heterocycles. The molecule has 1 rings (SSSR count). The van der Waals surface area contributed by atoms with Gasteiger partial charge in [0.05, 0.1) is 0 Å². The lowest BCUT2D eigenvalue weighted by Crippen LogP contribution is -2.34.